The lowest BCUT2D eigenvalue weighted by Gasteiger charge is -2.38. The number of hydrogen-bond acceptors (Lipinski definition) is 3. The van der Waals surface area contributed by atoms with Crippen LogP contribution in [0.5, 0.6) is 0 Å². The number of thioether (sulfide) groups is 1. The van der Waals surface area contributed by atoms with Gasteiger partial charge in [-0.1, -0.05) is 56.3 Å². The molecule has 1 heterocycles. The van der Waals surface area contributed by atoms with Gasteiger partial charge in [-0.05, 0) is 49.3 Å². The maximum Gasteiger partial charge on any atom is 0.194 e. The monoisotopic (exact) mass is 345 g/mol. The molecular weight excluding hydrogens is 318 g/mol. The summed E-state index contributed by atoms with van der Waals surface area (Å²) in [6, 6.07) is 14.6. The lowest BCUT2D eigenvalue weighted by atomic mass is 10.2. The molecule has 0 saturated carbocycles. The quantitative estimate of drug-likeness (QED) is 0.366. The van der Waals surface area contributed by atoms with Gasteiger partial charge in [-0.15, -0.1) is 0 Å². The molecule has 0 unspecified atom stereocenters. The lowest BCUT2D eigenvalue weighted by molar-refractivity contribution is 0.262. The molecule has 0 aliphatic heterocycles. The second-order valence-corrected chi connectivity index (χ2v) is 13.3. The van der Waals surface area contributed by atoms with Gasteiger partial charge in [0.25, 0.3) is 0 Å². The van der Waals surface area contributed by atoms with E-state index in [9.17, 15) is 0 Å². The Bertz CT molecular complexity index is 620. The van der Waals surface area contributed by atoms with Gasteiger partial charge in [-0.3, -0.25) is 4.98 Å². The Morgan fingerprint density at radius 3 is 2.22 bits per heavy atom. The van der Waals surface area contributed by atoms with Crippen LogP contribution in [-0.4, -0.2) is 13.3 Å². The SMILES string of the molecule is Cc1ccc(S[C@@H](O[Si](C)(C)C(C)(C)C)c2ccccn2)cc1. The van der Waals surface area contributed by atoms with E-state index in [1.807, 2.05) is 18.3 Å². The van der Waals surface area contributed by atoms with E-state index in [2.05, 4.69) is 76.1 Å². The first kappa shape index (κ1) is 18.2. The average Bonchev–Trinajstić information content (AvgIpc) is 2.48. The van der Waals surface area contributed by atoms with Crippen LogP contribution in [0.1, 0.15) is 37.5 Å². The highest BCUT2D eigenvalue weighted by molar-refractivity contribution is 7.99. The third-order valence-electron chi connectivity index (χ3n) is 4.40. The largest absolute Gasteiger partial charge is 0.400 e. The summed E-state index contributed by atoms with van der Waals surface area (Å²) in [5, 5.41) is 0.174. The van der Waals surface area contributed by atoms with Crippen LogP contribution in [0, 0.1) is 6.92 Å². The number of benzene rings is 1. The summed E-state index contributed by atoms with van der Waals surface area (Å²) in [6.45, 7) is 13.5. The summed E-state index contributed by atoms with van der Waals surface area (Å²) in [5.41, 5.74) is 2.19. The van der Waals surface area contributed by atoms with Crippen LogP contribution in [-0.2, 0) is 4.43 Å². The lowest BCUT2D eigenvalue weighted by Crippen LogP contribution is -2.41. The third kappa shape index (κ3) is 4.93. The Hall–Kier alpha value is -1.10. The number of nitrogens with zero attached hydrogens (tertiary/aromatic N) is 1. The highest BCUT2D eigenvalue weighted by Gasteiger charge is 2.40. The minimum Gasteiger partial charge on any atom is -0.400 e. The fraction of sp³-hybridized carbons (Fsp3) is 0.421. The molecule has 1 atom stereocenters. The van der Waals surface area contributed by atoms with Crippen LogP contribution in [0.25, 0.3) is 0 Å². The maximum atomic E-state index is 6.66. The number of aromatic nitrogens is 1. The molecule has 23 heavy (non-hydrogen) atoms. The molecule has 0 radical (unpaired) electrons. The summed E-state index contributed by atoms with van der Waals surface area (Å²) in [4.78, 5) is 5.75. The highest BCUT2D eigenvalue weighted by Crippen LogP contribution is 2.44. The van der Waals surface area contributed by atoms with Crippen LogP contribution in [0.3, 0.4) is 0 Å². The molecule has 124 valence electrons. The molecule has 0 amide bonds. The van der Waals surface area contributed by atoms with Crippen molar-refractivity contribution in [1.29, 1.82) is 0 Å². The third-order valence-corrected chi connectivity index (χ3v) is 10.1. The normalized spacial score (nSPS) is 13.8. The van der Waals surface area contributed by atoms with Crippen molar-refractivity contribution in [3.8, 4) is 0 Å². The number of hydrogen-bond donors (Lipinski definition) is 0. The zero-order valence-corrected chi connectivity index (χ0v) is 16.8. The first-order valence-electron chi connectivity index (χ1n) is 8.01. The van der Waals surface area contributed by atoms with E-state index < -0.39 is 8.32 Å². The van der Waals surface area contributed by atoms with E-state index in [0.29, 0.717) is 0 Å². The van der Waals surface area contributed by atoms with Gasteiger partial charge >= 0.3 is 0 Å². The van der Waals surface area contributed by atoms with E-state index in [0.717, 1.165) is 5.69 Å². The second kappa shape index (κ2) is 7.20. The molecule has 2 rings (SSSR count). The molecule has 0 aliphatic rings. The van der Waals surface area contributed by atoms with E-state index in [-0.39, 0.29) is 10.5 Å². The Balaban J connectivity index is 2.27. The molecule has 1 aromatic heterocycles. The second-order valence-electron chi connectivity index (χ2n) is 7.40. The minimum atomic E-state index is -1.88. The number of aryl methyl sites for hydroxylation is 1. The molecule has 1 aromatic carbocycles. The van der Waals surface area contributed by atoms with Gasteiger partial charge in [-0.2, -0.15) is 0 Å². The summed E-state index contributed by atoms with van der Waals surface area (Å²) < 4.78 is 6.66. The average molecular weight is 346 g/mol. The highest BCUT2D eigenvalue weighted by atomic mass is 32.2. The molecule has 4 heteroatoms. The summed E-state index contributed by atoms with van der Waals surface area (Å²) >= 11 is 1.74. The van der Waals surface area contributed by atoms with Gasteiger partial charge in [0.05, 0.1) is 5.69 Å². The van der Waals surface area contributed by atoms with Gasteiger partial charge in [0.15, 0.2) is 8.32 Å². The summed E-state index contributed by atoms with van der Waals surface area (Å²) in [7, 11) is -1.88. The van der Waals surface area contributed by atoms with Crippen LogP contribution < -0.4 is 0 Å². The van der Waals surface area contributed by atoms with Crippen molar-refractivity contribution in [2.24, 2.45) is 0 Å². The molecule has 0 saturated heterocycles. The van der Waals surface area contributed by atoms with Crippen molar-refractivity contribution in [1.82, 2.24) is 4.98 Å². The van der Waals surface area contributed by atoms with Gasteiger partial charge in [0.2, 0.25) is 0 Å². The first-order valence-corrected chi connectivity index (χ1v) is 11.8. The first-order chi connectivity index (χ1) is 10.7. The molecule has 0 N–H and O–H groups in total. The Labute approximate surface area is 145 Å². The van der Waals surface area contributed by atoms with E-state index in [1.54, 1.807) is 11.8 Å². The zero-order chi connectivity index (χ0) is 17.1. The van der Waals surface area contributed by atoms with E-state index in [4.69, 9.17) is 4.43 Å². The molecule has 2 nitrogen and oxygen atoms in total. The fourth-order valence-electron chi connectivity index (χ4n) is 1.85. The van der Waals surface area contributed by atoms with Crippen molar-refractivity contribution in [2.75, 3.05) is 0 Å². The number of pyridine rings is 1. The summed E-state index contributed by atoms with van der Waals surface area (Å²) in [5.74, 6) is 0. The topological polar surface area (TPSA) is 22.1 Å². The molecule has 0 aliphatic carbocycles. The molecule has 0 bridgehead atoms. The van der Waals surface area contributed by atoms with Gasteiger partial charge < -0.3 is 4.43 Å². The standard InChI is InChI=1S/C19H27NOSSi/c1-15-10-12-16(13-11-15)22-18(17-9-7-8-14-20-17)21-23(5,6)19(2,3)4/h7-14,18H,1-6H3/t18-/m1/s1. The predicted molar refractivity (Wildman–Crippen MR) is 102 cm³/mol. The van der Waals surface area contributed by atoms with Crippen molar-refractivity contribution < 1.29 is 4.43 Å². The molecule has 0 fully saturated rings. The fourth-order valence-corrected chi connectivity index (χ4v) is 4.57. The van der Waals surface area contributed by atoms with Gasteiger partial charge in [0.1, 0.15) is 5.44 Å². The van der Waals surface area contributed by atoms with Crippen LogP contribution in [0.15, 0.2) is 53.6 Å². The Morgan fingerprint density at radius 2 is 1.70 bits per heavy atom. The van der Waals surface area contributed by atoms with Crippen molar-refractivity contribution in [3.63, 3.8) is 0 Å². The molecule has 2 aromatic rings. The van der Waals surface area contributed by atoms with Crippen molar-refractivity contribution in [3.05, 3.63) is 59.9 Å². The van der Waals surface area contributed by atoms with Crippen molar-refractivity contribution >= 4 is 20.1 Å². The van der Waals surface area contributed by atoms with Gasteiger partial charge in [-0.25, -0.2) is 0 Å². The van der Waals surface area contributed by atoms with Crippen LogP contribution >= 0.6 is 11.8 Å². The van der Waals surface area contributed by atoms with E-state index in [1.165, 1.54) is 10.5 Å². The maximum absolute atomic E-state index is 6.66. The van der Waals surface area contributed by atoms with Crippen LogP contribution in [0.4, 0.5) is 0 Å². The molecule has 0 spiro atoms. The zero-order valence-electron chi connectivity index (χ0n) is 15.0. The van der Waals surface area contributed by atoms with E-state index >= 15 is 0 Å². The van der Waals surface area contributed by atoms with Gasteiger partial charge in [0, 0.05) is 11.1 Å². The smallest absolute Gasteiger partial charge is 0.194 e. The Morgan fingerprint density at radius 1 is 1.04 bits per heavy atom. The van der Waals surface area contributed by atoms with Crippen LogP contribution in [0.2, 0.25) is 18.1 Å². The minimum absolute atomic E-state index is 0.0696. The summed E-state index contributed by atoms with van der Waals surface area (Å²) in [6.07, 6.45) is 1.84. The van der Waals surface area contributed by atoms with Crippen molar-refractivity contribution in [2.45, 2.75) is 56.2 Å². The predicted octanol–water partition coefficient (Wildman–Crippen LogP) is 6.20. The Kier molecular flexibility index (Phi) is 5.71. The number of rotatable bonds is 5. The molecular formula is C19H27NOSSi.